The molecular formula is C22H29FN4O3. The first-order valence-corrected chi connectivity index (χ1v) is 10.9. The number of amides is 4. The number of carbonyl (C=O) groups excluding carboxylic acids is 3. The summed E-state index contributed by atoms with van der Waals surface area (Å²) in [6.45, 7) is 4.09. The van der Waals surface area contributed by atoms with Crippen LogP contribution in [0.3, 0.4) is 0 Å². The van der Waals surface area contributed by atoms with Gasteiger partial charge in [-0.1, -0.05) is 19.8 Å². The molecule has 1 aliphatic carbocycles. The lowest BCUT2D eigenvalue weighted by atomic mass is 9.82. The summed E-state index contributed by atoms with van der Waals surface area (Å²) in [6, 6.07) is 5.03. The molecule has 0 spiro atoms. The van der Waals surface area contributed by atoms with Gasteiger partial charge in [-0.2, -0.15) is 0 Å². The van der Waals surface area contributed by atoms with E-state index in [4.69, 9.17) is 0 Å². The molecule has 1 aromatic rings. The molecule has 162 valence electrons. The number of nitrogens with zero attached hydrogens (tertiary/aromatic N) is 3. The third-order valence-corrected chi connectivity index (χ3v) is 6.61. The lowest BCUT2D eigenvalue weighted by Crippen LogP contribution is -2.66. The average Bonchev–Trinajstić information content (AvgIpc) is 2.77. The van der Waals surface area contributed by atoms with Crippen molar-refractivity contribution in [2.24, 2.45) is 5.92 Å². The normalized spacial score (nSPS) is 25.6. The van der Waals surface area contributed by atoms with Gasteiger partial charge in [-0.3, -0.25) is 14.5 Å². The number of hydrogen-bond donors (Lipinski definition) is 1. The SMILES string of the molecule is CCC(C(=O)N1CCN(c2ccc(F)cc2)CC1)N1C(=O)NC2CCCCC2C1=O. The zero-order chi connectivity index (χ0) is 21.3. The Labute approximate surface area is 176 Å². The van der Waals surface area contributed by atoms with E-state index in [-0.39, 0.29) is 29.6 Å². The van der Waals surface area contributed by atoms with Gasteiger partial charge < -0.3 is 15.1 Å². The number of fused-ring (bicyclic) bond motifs is 1. The molecule has 0 aromatic heterocycles. The summed E-state index contributed by atoms with van der Waals surface area (Å²) in [4.78, 5) is 44.1. The number of piperazine rings is 1. The molecule has 2 heterocycles. The summed E-state index contributed by atoms with van der Waals surface area (Å²) >= 11 is 0. The summed E-state index contributed by atoms with van der Waals surface area (Å²) in [7, 11) is 0. The second-order valence-corrected chi connectivity index (χ2v) is 8.37. The minimum atomic E-state index is -0.766. The van der Waals surface area contributed by atoms with Crippen LogP contribution in [0.2, 0.25) is 0 Å². The Kier molecular flexibility index (Phi) is 5.92. The van der Waals surface area contributed by atoms with Crippen LogP contribution >= 0.6 is 0 Å². The first-order valence-electron chi connectivity index (χ1n) is 10.9. The van der Waals surface area contributed by atoms with Crippen LogP contribution < -0.4 is 10.2 Å². The van der Waals surface area contributed by atoms with Gasteiger partial charge in [0.05, 0.1) is 5.92 Å². The first kappa shape index (κ1) is 20.6. The van der Waals surface area contributed by atoms with Crippen LogP contribution in [0.25, 0.3) is 0 Å². The second-order valence-electron chi connectivity index (χ2n) is 8.37. The predicted octanol–water partition coefficient (Wildman–Crippen LogP) is 2.36. The third kappa shape index (κ3) is 3.87. The van der Waals surface area contributed by atoms with Crippen molar-refractivity contribution in [3.8, 4) is 0 Å². The van der Waals surface area contributed by atoms with E-state index in [2.05, 4.69) is 10.2 Å². The minimum absolute atomic E-state index is 0.0955. The van der Waals surface area contributed by atoms with E-state index < -0.39 is 12.1 Å². The highest BCUT2D eigenvalue weighted by Gasteiger charge is 2.46. The van der Waals surface area contributed by atoms with Crippen molar-refractivity contribution in [1.29, 1.82) is 0 Å². The standard InChI is InChI=1S/C22H29FN4O3/c1-2-19(27-20(28)17-5-3-4-6-18(17)24-22(27)30)21(29)26-13-11-25(12-14-26)16-9-7-15(23)8-10-16/h7-10,17-19H,2-6,11-14H2,1H3,(H,24,30). The fourth-order valence-corrected chi connectivity index (χ4v) is 4.92. The molecule has 3 atom stereocenters. The van der Waals surface area contributed by atoms with Crippen molar-refractivity contribution < 1.29 is 18.8 Å². The molecule has 8 heteroatoms. The number of anilines is 1. The van der Waals surface area contributed by atoms with Gasteiger partial charge in [-0.05, 0) is 43.5 Å². The van der Waals surface area contributed by atoms with E-state index in [1.54, 1.807) is 17.0 Å². The van der Waals surface area contributed by atoms with Crippen LogP contribution in [0, 0.1) is 11.7 Å². The molecule has 0 bridgehead atoms. The summed E-state index contributed by atoms with van der Waals surface area (Å²) in [5.41, 5.74) is 0.921. The van der Waals surface area contributed by atoms with Gasteiger partial charge in [0.2, 0.25) is 11.8 Å². The molecule has 7 nitrogen and oxygen atoms in total. The summed E-state index contributed by atoms with van der Waals surface area (Å²) < 4.78 is 13.2. The van der Waals surface area contributed by atoms with Gasteiger partial charge in [0.25, 0.3) is 0 Å². The maximum atomic E-state index is 13.3. The van der Waals surface area contributed by atoms with Gasteiger partial charge in [0, 0.05) is 37.9 Å². The lowest BCUT2D eigenvalue weighted by Gasteiger charge is -2.44. The first-order chi connectivity index (χ1) is 14.5. The number of carbonyl (C=O) groups is 3. The maximum absolute atomic E-state index is 13.3. The van der Waals surface area contributed by atoms with Crippen LogP contribution in [0.15, 0.2) is 24.3 Å². The minimum Gasteiger partial charge on any atom is -0.368 e. The molecule has 1 N–H and O–H groups in total. The van der Waals surface area contributed by atoms with Crippen LogP contribution in [0.5, 0.6) is 0 Å². The average molecular weight is 416 g/mol. The zero-order valence-corrected chi connectivity index (χ0v) is 17.3. The van der Waals surface area contributed by atoms with Gasteiger partial charge in [0.1, 0.15) is 11.9 Å². The number of benzene rings is 1. The number of hydrogen-bond acceptors (Lipinski definition) is 4. The zero-order valence-electron chi connectivity index (χ0n) is 17.3. The van der Waals surface area contributed by atoms with E-state index >= 15 is 0 Å². The van der Waals surface area contributed by atoms with Gasteiger partial charge >= 0.3 is 6.03 Å². The van der Waals surface area contributed by atoms with Gasteiger partial charge in [0.15, 0.2) is 0 Å². The highest BCUT2D eigenvalue weighted by molar-refractivity contribution is 6.03. The van der Waals surface area contributed by atoms with Crippen LogP contribution in [-0.2, 0) is 9.59 Å². The summed E-state index contributed by atoms with van der Waals surface area (Å²) in [5.74, 6) is -0.862. The maximum Gasteiger partial charge on any atom is 0.325 e. The largest absolute Gasteiger partial charge is 0.368 e. The molecule has 3 unspecified atom stereocenters. The Morgan fingerprint density at radius 3 is 2.43 bits per heavy atom. The van der Waals surface area contributed by atoms with E-state index in [9.17, 15) is 18.8 Å². The third-order valence-electron chi connectivity index (χ3n) is 6.61. The molecule has 1 saturated carbocycles. The number of halogens is 1. The smallest absolute Gasteiger partial charge is 0.325 e. The van der Waals surface area contributed by atoms with Crippen molar-refractivity contribution in [2.45, 2.75) is 51.1 Å². The monoisotopic (exact) mass is 416 g/mol. The molecule has 0 radical (unpaired) electrons. The van der Waals surface area contributed by atoms with E-state index in [0.29, 0.717) is 32.6 Å². The van der Waals surface area contributed by atoms with Crippen molar-refractivity contribution >= 4 is 23.5 Å². The number of urea groups is 1. The lowest BCUT2D eigenvalue weighted by molar-refractivity contribution is -0.148. The topological polar surface area (TPSA) is 73.0 Å². The van der Waals surface area contributed by atoms with Gasteiger partial charge in [-0.25, -0.2) is 9.18 Å². The Morgan fingerprint density at radius 1 is 1.10 bits per heavy atom. The predicted molar refractivity (Wildman–Crippen MR) is 110 cm³/mol. The molecule has 2 aliphatic heterocycles. The molecule has 3 fully saturated rings. The van der Waals surface area contributed by atoms with Crippen molar-refractivity contribution in [3.63, 3.8) is 0 Å². The van der Waals surface area contributed by atoms with Crippen molar-refractivity contribution in [3.05, 3.63) is 30.1 Å². The van der Waals surface area contributed by atoms with E-state index in [1.807, 2.05) is 6.92 Å². The summed E-state index contributed by atoms with van der Waals surface area (Å²) in [6.07, 6.45) is 3.98. The van der Waals surface area contributed by atoms with Crippen LogP contribution in [-0.4, -0.2) is 65.9 Å². The highest BCUT2D eigenvalue weighted by atomic mass is 19.1. The molecule has 30 heavy (non-hydrogen) atoms. The number of nitrogens with one attached hydrogen (secondary N) is 1. The Bertz CT molecular complexity index is 807. The van der Waals surface area contributed by atoms with Crippen LogP contribution in [0.4, 0.5) is 14.9 Å². The van der Waals surface area contributed by atoms with Gasteiger partial charge in [-0.15, -0.1) is 0 Å². The molecular weight excluding hydrogens is 387 g/mol. The molecule has 4 amide bonds. The fraction of sp³-hybridized carbons (Fsp3) is 0.591. The molecule has 4 rings (SSSR count). The number of imide groups is 1. The highest BCUT2D eigenvalue weighted by Crippen LogP contribution is 2.31. The van der Waals surface area contributed by atoms with Crippen LogP contribution in [0.1, 0.15) is 39.0 Å². The molecule has 2 saturated heterocycles. The Morgan fingerprint density at radius 2 is 1.77 bits per heavy atom. The fourth-order valence-electron chi connectivity index (χ4n) is 4.92. The van der Waals surface area contributed by atoms with Crippen molar-refractivity contribution in [2.75, 3.05) is 31.1 Å². The van der Waals surface area contributed by atoms with Crippen molar-refractivity contribution in [1.82, 2.24) is 15.1 Å². The van der Waals surface area contributed by atoms with E-state index in [1.165, 1.54) is 17.0 Å². The summed E-state index contributed by atoms with van der Waals surface area (Å²) in [5, 5.41) is 2.96. The Balaban J connectivity index is 1.42. The second kappa shape index (κ2) is 8.62. The number of rotatable bonds is 4. The van der Waals surface area contributed by atoms with E-state index in [0.717, 1.165) is 31.4 Å². The molecule has 1 aromatic carbocycles. The quantitative estimate of drug-likeness (QED) is 0.818. The molecule has 3 aliphatic rings. The Hall–Kier alpha value is -2.64.